The average molecular weight is 419 g/mol. The van der Waals surface area contributed by atoms with E-state index in [0.29, 0.717) is 12.2 Å². The normalized spacial score (nSPS) is 14.1. The van der Waals surface area contributed by atoms with Crippen LogP contribution in [0.2, 0.25) is 0 Å². The van der Waals surface area contributed by atoms with E-state index in [4.69, 9.17) is 4.74 Å². The first-order valence-electron chi connectivity index (χ1n) is 7.53. The number of hydrogen-bond donors (Lipinski definition) is 0. The minimum atomic E-state index is -0.286. The summed E-state index contributed by atoms with van der Waals surface area (Å²) in [6.07, 6.45) is 5.75. The number of allylic oxidation sites excluding steroid dienone is 1. The molecular formula is C19H18INO2. The van der Waals surface area contributed by atoms with E-state index in [2.05, 4.69) is 49.6 Å². The van der Waals surface area contributed by atoms with Crippen LogP contribution in [-0.2, 0) is 16.1 Å². The van der Waals surface area contributed by atoms with E-state index in [9.17, 15) is 4.79 Å². The van der Waals surface area contributed by atoms with Gasteiger partial charge in [0.05, 0.1) is 18.7 Å². The standard InChI is InChI=1S/C19H18INO2/c1-2-23-19(22)16-10-12-20-21(13-11-16)14-17-8-5-7-15-6-3-4-9-18(15)17/h3-13H,2,14H2,1H3. The molecule has 0 aliphatic carbocycles. The van der Waals surface area contributed by atoms with Crippen molar-refractivity contribution in [1.82, 2.24) is 3.11 Å². The van der Waals surface area contributed by atoms with E-state index in [1.807, 2.05) is 25.3 Å². The molecule has 0 saturated heterocycles. The topological polar surface area (TPSA) is 29.5 Å². The fourth-order valence-corrected chi connectivity index (χ4v) is 4.32. The zero-order valence-corrected chi connectivity index (χ0v) is 15.1. The largest absolute Gasteiger partial charge is 0.462 e. The van der Waals surface area contributed by atoms with Crippen molar-refractivity contribution < 1.29 is 9.53 Å². The van der Waals surface area contributed by atoms with Crippen molar-refractivity contribution in [2.24, 2.45) is 0 Å². The zero-order valence-electron chi connectivity index (χ0n) is 12.9. The Labute approximate surface area is 146 Å². The van der Waals surface area contributed by atoms with Gasteiger partial charge in [-0.1, -0.05) is 42.5 Å². The van der Waals surface area contributed by atoms with Gasteiger partial charge in [0.2, 0.25) is 0 Å². The molecule has 0 fully saturated rings. The lowest BCUT2D eigenvalue weighted by molar-refractivity contribution is -0.138. The Bertz CT molecular complexity index is 803. The van der Waals surface area contributed by atoms with Crippen molar-refractivity contribution in [3.8, 4) is 0 Å². The Morgan fingerprint density at radius 3 is 2.87 bits per heavy atom. The predicted octanol–water partition coefficient (Wildman–Crippen LogP) is 4.35. The third-order valence-electron chi connectivity index (χ3n) is 3.55. The molecule has 0 spiro atoms. The van der Waals surface area contributed by atoms with Crippen LogP contribution in [0.4, 0.5) is 0 Å². The second-order valence-corrected chi connectivity index (χ2v) is 7.59. The number of carbonyl (C=O) groups excluding carboxylic acids is 1. The van der Waals surface area contributed by atoms with Gasteiger partial charge in [0, 0.05) is 6.20 Å². The van der Waals surface area contributed by atoms with Crippen LogP contribution in [0.5, 0.6) is 0 Å². The predicted molar refractivity (Wildman–Crippen MR) is 103 cm³/mol. The monoisotopic (exact) mass is 419 g/mol. The molecule has 0 amide bonds. The smallest absolute Gasteiger partial charge is 0.338 e. The highest BCUT2D eigenvalue weighted by molar-refractivity contribution is 14.2. The molecule has 0 N–H and O–H groups in total. The van der Waals surface area contributed by atoms with Crippen molar-refractivity contribution >= 4 is 41.8 Å². The summed E-state index contributed by atoms with van der Waals surface area (Å²) >= 11 is -0.286. The molecule has 23 heavy (non-hydrogen) atoms. The summed E-state index contributed by atoms with van der Waals surface area (Å²) in [6.45, 7) is 3.08. The molecular weight excluding hydrogens is 401 g/mol. The minimum absolute atomic E-state index is 0.254. The van der Waals surface area contributed by atoms with E-state index in [1.54, 1.807) is 0 Å². The first-order chi connectivity index (χ1) is 11.3. The molecule has 4 heteroatoms. The van der Waals surface area contributed by atoms with Crippen molar-refractivity contribution in [3.05, 3.63) is 72.0 Å². The maximum Gasteiger partial charge on any atom is 0.338 e. The third-order valence-corrected chi connectivity index (χ3v) is 5.61. The number of hydrogen-bond acceptors (Lipinski definition) is 3. The van der Waals surface area contributed by atoms with E-state index < -0.39 is 0 Å². The van der Waals surface area contributed by atoms with Gasteiger partial charge in [-0.3, -0.25) is 0 Å². The Morgan fingerprint density at radius 1 is 1.17 bits per heavy atom. The molecule has 1 aliphatic rings. The van der Waals surface area contributed by atoms with Crippen LogP contribution in [0.3, 0.4) is 0 Å². The van der Waals surface area contributed by atoms with Gasteiger partial charge in [-0.15, -0.1) is 0 Å². The summed E-state index contributed by atoms with van der Waals surface area (Å²) in [4.78, 5) is 11.8. The van der Waals surface area contributed by atoms with Crippen molar-refractivity contribution in [1.29, 1.82) is 0 Å². The summed E-state index contributed by atoms with van der Waals surface area (Å²) in [5.41, 5.74) is 1.92. The maximum atomic E-state index is 11.8. The van der Waals surface area contributed by atoms with E-state index >= 15 is 0 Å². The molecule has 0 aromatic heterocycles. The molecule has 0 bridgehead atoms. The van der Waals surface area contributed by atoms with Crippen LogP contribution in [0.1, 0.15) is 12.5 Å². The van der Waals surface area contributed by atoms with Crippen LogP contribution in [-0.4, -0.2) is 19.7 Å². The van der Waals surface area contributed by atoms with Crippen LogP contribution in [0.15, 0.2) is 66.4 Å². The Hall–Kier alpha value is -1.95. The molecule has 118 valence electrons. The number of carbonyl (C=O) groups is 1. The number of fused-ring (bicyclic) bond motifs is 1. The Kier molecular flexibility index (Phi) is 5.23. The van der Waals surface area contributed by atoms with Gasteiger partial charge in [0.25, 0.3) is 0 Å². The Balaban J connectivity index is 1.79. The lowest BCUT2D eigenvalue weighted by Crippen LogP contribution is -2.07. The quantitative estimate of drug-likeness (QED) is 0.420. The van der Waals surface area contributed by atoms with Crippen LogP contribution in [0, 0.1) is 0 Å². The second kappa shape index (κ2) is 7.55. The van der Waals surface area contributed by atoms with Gasteiger partial charge < -0.3 is 7.85 Å². The molecule has 0 atom stereocenters. The second-order valence-electron chi connectivity index (χ2n) is 5.08. The molecule has 0 unspecified atom stereocenters. The first-order valence-corrected chi connectivity index (χ1v) is 9.75. The van der Waals surface area contributed by atoms with E-state index in [1.165, 1.54) is 16.3 Å². The maximum absolute atomic E-state index is 11.8. The molecule has 3 rings (SSSR count). The third kappa shape index (κ3) is 3.88. The molecule has 2 aromatic carbocycles. The average Bonchev–Trinajstić information content (AvgIpc) is 2.81. The minimum Gasteiger partial charge on any atom is -0.462 e. The lowest BCUT2D eigenvalue weighted by atomic mass is 10.0. The fraction of sp³-hybridized carbons (Fsp3) is 0.158. The van der Waals surface area contributed by atoms with Gasteiger partial charge in [-0.25, -0.2) is 4.79 Å². The molecule has 3 nitrogen and oxygen atoms in total. The molecule has 1 aliphatic heterocycles. The summed E-state index contributed by atoms with van der Waals surface area (Å²) in [5.74, 6) is -0.254. The van der Waals surface area contributed by atoms with Gasteiger partial charge >= 0.3 is 5.97 Å². The van der Waals surface area contributed by atoms with Gasteiger partial charge in [0.1, 0.15) is 0 Å². The number of nitrogens with zero attached hydrogens (tertiary/aromatic N) is 1. The Morgan fingerprint density at radius 2 is 2.00 bits per heavy atom. The summed E-state index contributed by atoms with van der Waals surface area (Å²) in [5, 5.41) is 2.55. The SMILES string of the molecule is CCOC(=O)C1=CC=IN(Cc2cccc3ccccc23)C=C1. The molecule has 1 heterocycles. The summed E-state index contributed by atoms with van der Waals surface area (Å²) in [6, 6.07) is 14.8. The van der Waals surface area contributed by atoms with Gasteiger partial charge in [-0.2, -0.15) is 0 Å². The zero-order chi connectivity index (χ0) is 16.1. The number of halogens is 1. The van der Waals surface area contributed by atoms with E-state index in [-0.39, 0.29) is 27.0 Å². The highest BCUT2D eigenvalue weighted by Gasteiger charge is 2.10. The highest BCUT2D eigenvalue weighted by Crippen LogP contribution is 2.24. The van der Waals surface area contributed by atoms with Crippen LogP contribution >= 0.6 is 21.0 Å². The first kappa shape index (κ1) is 15.9. The number of ether oxygens (including phenoxy) is 1. The number of rotatable bonds is 4. The van der Waals surface area contributed by atoms with Crippen LogP contribution < -0.4 is 0 Å². The molecule has 0 saturated carbocycles. The lowest BCUT2D eigenvalue weighted by Gasteiger charge is -2.15. The van der Waals surface area contributed by atoms with Crippen molar-refractivity contribution in [3.63, 3.8) is 0 Å². The fourth-order valence-electron chi connectivity index (χ4n) is 2.45. The summed E-state index contributed by atoms with van der Waals surface area (Å²) in [7, 11) is 0. The van der Waals surface area contributed by atoms with Gasteiger partial charge in [-0.05, 0) is 60.4 Å². The van der Waals surface area contributed by atoms with E-state index in [0.717, 1.165) is 6.54 Å². The molecule has 0 radical (unpaired) electrons. The molecule has 2 aromatic rings. The van der Waals surface area contributed by atoms with Crippen molar-refractivity contribution in [2.45, 2.75) is 13.5 Å². The van der Waals surface area contributed by atoms with Gasteiger partial charge in [0.15, 0.2) is 0 Å². The number of esters is 1. The highest BCUT2D eigenvalue weighted by atomic mass is 127. The number of benzene rings is 2. The van der Waals surface area contributed by atoms with Crippen molar-refractivity contribution in [2.75, 3.05) is 6.61 Å². The van der Waals surface area contributed by atoms with Crippen LogP contribution in [0.25, 0.3) is 10.8 Å². The summed E-state index contributed by atoms with van der Waals surface area (Å²) < 4.78 is 9.47.